The number of rotatable bonds is 11. The minimum atomic E-state index is -0.372. The maximum atomic E-state index is 6.10. The standard InChI is InChI=1S/C23H35BN2O4/c1-19(12-15-27-13-9-14-28-18-20-10-7-6-8-11-20)26-17-21(16-25-26)24-29-22(2,3)23(4,5)30-24/h6-8,10-11,16-17,19H,9,12-15,18H2,1-5H3. The van der Waals surface area contributed by atoms with Crippen molar-refractivity contribution in [3.05, 3.63) is 48.3 Å². The van der Waals surface area contributed by atoms with Gasteiger partial charge in [-0.15, -0.1) is 0 Å². The summed E-state index contributed by atoms with van der Waals surface area (Å²) in [5.74, 6) is 0. The predicted molar refractivity (Wildman–Crippen MR) is 119 cm³/mol. The van der Waals surface area contributed by atoms with Gasteiger partial charge in [-0.25, -0.2) is 0 Å². The zero-order chi connectivity index (χ0) is 21.6. The Morgan fingerprint density at radius 2 is 1.67 bits per heavy atom. The van der Waals surface area contributed by atoms with Gasteiger partial charge in [-0.2, -0.15) is 5.10 Å². The van der Waals surface area contributed by atoms with Crippen LogP contribution in [0.1, 0.15) is 59.1 Å². The summed E-state index contributed by atoms with van der Waals surface area (Å²) in [4.78, 5) is 0. The third kappa shape index (κ3) is 5.94. The molecule has 6 nitrogen and oxygen atoms in total. The lowest BCUT2D eigenvalue weighted by Crippen LogP contribution is -2.41. The molecule has 1 aliphatic heterocycles. The summed E-state index contributed by atoms with van der Waals surface area (Å²) in [7, 11) is -0.372. The molecule has 1 saturated heterocycles. The minimum Gasteiger partial charge on any atom is -0.399 e. The van der Waals surface area contributed by atoms with Crippen LogP contribution >= 0.6 is 0 Å². The molecule has 1 fully saturated rings. The van der Waals surface area contributed by atoms with Gasteiger partial charge in [0.2, 0.25) is 0 Å². The SMILES string of the molecule is CC(CCOCCCOCc1ccccc1)n1cc(B2OC(C)(C)C(C)(C)O2)cn1. The molecule has 0 aliphatic carbocycles. The van der Waals surface area contributed by atoms with Crippen LogP contribution in [-0.2, 0) is 25.4 Å². The molecule has 0 N–H and O–H groups in total. The van der Waals surface area contributed by atoms with E-state index in [2.05, 4.69) is 51.9 Å². The summed E-state index contributed by atoms with van der Waals surface area (Å²) in [6.07, 6.45) is 5.65. The molecule has 1 aromatic heterocycles. The lowest BCUT2D eigenvalue weighted by atomic mass is 9.82. The summed E-state index contributed by atoms with van der Waals surface area (Å²) in [5.41, 5.74) is 1.47. The van der Waals surface area contributed by atoms with Crippen molar-refractivity contribution in [2.45, 2.75) is 71.3 Å². The summed E-state index contributed by atoms with van der Waals surface area (Å²) < 4.78 is 25.6. The average molecular weight is 414 g/mol. The topological polar surface area (TPSA) is 54.7 Å². The third-order valence-corrected chi connectivity index (χ3v) is 5.97. The van der Waals surface area contributed by atoms with Gasteiger partial charge in [0.15, 0.2) is 0 Å². The Hall–Kier alpha value is -1.67. The van der Waals surface area contributed by atoms with Crippen molar-refractivity contribution in [3.8, 4) is 0 Å². The fourth-order valence-corrected chi connectivity index (χ4v) is 3.21. The number of benzene rings is 1. The zero-order valence-corrected chi connectivity index (χ0v) is 19.0. The molecule has 30 heavy (non-hydrogen) atoms. The molecule has 3 rings (SSSR count). The van der Waals surface area contributed by atoms with Crippen LogP contribution < -0.4 is 5.46 Å². The molecule has 1 atom stereocenters. The normalized spacial score (nSPS) is 18.6. The summed E-state index contributed by atoms with van der Waals surface area (Å²) in [5, 5.41) is 4.51. The highest BCUT2D eigenvalue weighted by molar-refractivity contribution is 6.62. The molecule has 1 unspecified atom stereocenters. The molecule has 2 aromatic rings. The molecular weight excluding hydrogens is 379 g/mol. The molecule has 0 bridgehead atoms. The Bertz CT molecular complexity index is 763. The molecule has 7 heteroatoms. The van der Waals surface area contributed by atoms with Gasteiger partial charge < -0.3 is 18.8 Å². The van der Waals surface area contributed by atoms with Gasteiger partial charge in [0.05, 0.1) is 23.9 Å². The van der Waals surface area contributed by atoms with Gasteiger partial charge in [-0.3, -0.25) is 4.68 Å². The fraction of sp³-hybridized carbons (Fsp3) is 0.609. The molecule has 0 spiro atoms. The first kappa shape index (κ1) is 23.0. The molecule has 164 valence electrons. The van der Waals surface area contributed by atoms with E-state index in [1.807, 2.05) is 35.3 Å². The first-order valence-electron chi connectivity index (χ1n) is 10.9. The van der Waals surface area contributed by atoms with Gasteiger partial charge in [-0.1, -0.05) is 30.3 Å². The highest BCUT2D eigenvalue weighted by Crippen LogP contribution is 2.36. The molecular formula is C23H35BN2O4. The van der Waals surface area contributed by atoms with Gasteiger partial charge in [0.25, 0.3) is 0 Å². The largest absolute Gasteiger partial charge is 0.498 e. The van der Waals surface area contributed by atoms with E-state index in [0.29, 0.717) is 26.4 Å². The number of hydrogen-bond acceptors (Lipinski definition) is 5. The summed E-state index contributed by atoms with van der Waals surface area (Å²) in [6.45, 7) is 13.2. The van der Waals surface area contributed by atoms with Crippen molar-refractivity contribution in [1.29, 1.82) is 0 Å². The molecule has 1 aliphatic rings. The highest BCUT2D eigenvalue weighted by Gasteiger charge is 2.52. The van der Waals surface area contributed by atoms with E-state index in [-0.39, 0.29) is 24.4 Å². The average Bonchev–Trinajstić information content (AvgIpc) is 3.27. The van der Waals surface area contributed by atoms with E-state index >= 15 is 0 Å². The van der Waals surface area contributed by atoms with Crippen LogP contribution in [0.15, 0.2) is 42.7 Å². The Labute approximate surface area is 181 Å². The van der Waals surface area contributed by atoms with E-state index in [9.17, 15) is 0 Å². The summed E-state index contributed by atoms with van der Waals surface area (Å²) >= 11 is 0. The lowest BCUT2D eigenvalue weighted by molar-refractivity contribution is 0.00578. The molecule has 0 radical (unpaired) electrons. The predicted octanol–water partition coefficient (Wildman–Crippen LogP) is 3.76. The van der Waals surface area contributed by atoms with Crippen LogP contribution in [0.5, 0.6) is 0 Å². The van der Waals surface area contributed by atoms with Gasteiger partial charge >= 0.3 is 7.12 Å². The fourth-order valence-electron chi connectivity index (χ4n) is 3.21. The van der Waals surface area contributed by atoms with Crippen molar-refractivity contribution in [3.63, 3.8) is 0 Å². The Morgan fingerprint density at radius 1 is 1.00 bits per heavy atom. The number of ether oxygens (including phenoxy) is 2. The third-order valence-electron chi connectivity index (χ3n) is 5.97. The molecule has 0 amide bonds. The van der Waals surface area contributed by atoms with Gasteiger partial charge in [0, 0.05) is 37.7 Å². The van der Waals surface area contributed by atoms with Crippen LogP contribution in [0.2, 0.25) is 0 Å². The van der Waals surface area contributed by atoms with Crippen molar-refractivity contribution >= 4 is 12.6 Å². The zero-order valence-electron chi connectivity index (χ0n) is 19.0. The van der Waals surface area contributed by atoms with Crippen LogP contribution in [-0.4, -0.2) is 47.9 Å². The quantitative estimate of drug-likeness (QED) is 0.414. The summed E-state index contributed by atoms with van der Waals surface area (Å²) in [6, 6.07) is 10.5. The molecule has 1 aromatic carbocycles. The van der Waals surface area contributed by atoms with E-state index in [0.717, 1.165) is 18.3 Å². The van der Waals surface area contributed by atoms with Crippen molar-refractivity contribution in [2.75, 3.05) is 19.8 Å². The van der Waals surface area contributed by atoms with Gasteiger partial charge in [0.1, 0.15) is 0 Å². The number of nitrogens with zero attached hydrogens (tertiary/aromatic N) is 2. The number of aromatic nitrogens is 2. The van der Waals surface area contributed by atoms with Crippen molar-refractivity contribution < 1.29 is 18.8 Å². The maximum absolute atomic E-state index is 6.10. The first-order valence-corrected chi connectivity index (χ1v) is 10.9. The second-order valence-electron chi connectivity index (χ2n) is 8.98. The highest BCUT2D eigenvalue weighted by atomic mass is 16.7. The monoisotopic (exact) mass is 414 g/mol. The maximum Gasteiger partial charge on any atom is 0.498 e. The van der Waals surface area contributed by atoms with E-state index in [4.69, 9.17) is 18.8 Å². The first-order chi connectivity index (χ1) is 14.3. The van der Waals surface area contributed by atoms with Crippen molar-refractivity contribution in [2.24, 2.45) is 0 Å². The minimum absolute atomic E-state index is 0.246. The van der Waals surface area contributed by atoms with E-state index in [1.165, 1.54) is 5.56 Å². The lowest BCUT2D eigenvalue weighted by Gasteiger charge is -2.32. The van der Waals surface area contributed by atoms with E-state index in [1.54, 1.807) is 0 Å². The second-order valence-corrected chi connectivity index (χ2v) is 8.98. The Balaban J connectivity index is 1.31. The molecule has 0 saturated carbocycles. The Morgan fingerprint density at radius 3 is 2.37 bits per heavy atom. The van der Waals surface area contributed by atoms with Gasteiger partial charge in [-0.05, 0) is 53.0 Å². The van der Waals surface area contributed by atoms with Crippen molar-refractivity contribution in [1.82, 2.24) is 9.78 Å². The number of hydrogen-bond donors (Lipinski definition) is 0. The van der Waals surface area contributed by atoms with E-state index < -0.39 is 0 Å². The van der Waals surface area contributed by atoms with Crippen LogP contribution in [0.25, 0.3) is 0 Å². The smallest absolute Gasteiger partial charge is 0.399 e. The Kier molecular flexibility index (Phi) is 7.74. The van der Waals surface area contributed by atoms with Crippen LogP contribution in [0.4, 0.5) is 0 Å². The van der Waals surface area contributed by atoms with Crippen LogP contribution in [0.3, 0.4) is 0 Å². The second kappa shape index (κ2) is 10.1. The molecule has 2 heterocycles. The van der Waals surface area contributed by atoms with Crippen LogP contribution in [0, 0.1) is 0 Å².